The van der Waals surface area contributed by atoms with Crippen LogP contribution in [0, 0.1) is 12.7 Å². The summed E-state index contributed by atoms with van der Waals surface area (Å²) in [4.78, 5) is 4.44. The van der Waals surface area contributed by atoms with Crippen LogP contribution in [-0.4, -0.2) is 58.8 Å². The van der Waals surface area contributed by atoms with Crippen molar-refractivity contribution in [1.29, 1.82) is 0 Å². The molecule has 2 aromatic heterocycles. The molecule has 3 atom stereocenters. The largest absolute Gasteiger partial charge is 0.491 e. The molecule has 1 aromatic carbocycles. The van der Waals surface area contributed by atoms with Gasteiger partial charge in [0.15, 0.2) is 15.7 Å². The zero-order chi connectivity index (χ0) is 27.6. The maximum absolute atomic E-state index is 14.2. The summed E-state index contributed by atoms with van der Waals surface area (Å²) in [6.45, 7) is 11.5. The molecule has 38 heavy (non-hydrogen) atoms. The monoisotopic (exact) mass is 546 g/mol. The van der Waals surface area contributed by atoms with Gasteiger partial charge in [-0.2, -0.15) is 0 Å². The Balaban J connectivity index is 1.72. The lowest BCUT2D eigenvalue weighted by Crippen LogP contribution is -2.32. The van der Waals surface area contributed by atoms with E-state index in [1.54, 1.807) is 23.8 Å². The molecule has 0 radical (unpaired) electrons. The number of hydrogen-bond acceptors (Lipinski definition) is 8. The summed E-state index contributed by atoms with van der Waals surface area (Å²) >= 11 is 0. The van der Waals surface area contributed by atoms with Crippen molar-refractivity contribution in [2.24, 2.45) is 0 Å². The van der Waals surface area contributed by atoms with Crippen LogP contribution in [0.3, 0.4) is 0 Å². The number of sulfone groups is 1. The Labute approximate surface area is 223 Å². The topological polar surface area (TPSA) is 105 Å². The lowest BCUT2D eigenvalue weighted by atomic mass is 10.1. The van der Waals surface area contributed by atoms with Gasteiger partial charge in [0.05, 0.1) is 41.4 Å². The second-order valence-corrected chi connectivity index (χ2v) is 12.5. The number of nitrogens with zero attached hydrogens (tertiary/aromatic N) is 4. The highest BCUT2D eigenvalue weighted by Crippen LogP contribution is 2.36. The second kappa shape index (κ2) is 11.5. The Kier molecular flexibility index (Phi) is 8.49. The van der Waals surface area contributed by atoms with E-state index in [0.29, 0.717) is 22.8 Å². The van der Waals surface area contributed by atoms with Crippen LogP contribution in [-0.2, 0) is 25.1 Å². The summed E-state index contributed by atoms with van der Waals surface area (Å²) < 4.78 is 61.4. The summed E-state index contributed by atoms with van der Waals surface area (Å²) in [7, 11) is -3.82. The molecular weight excluding hydrogens is 511 g/mol. The fraction of sp³-hybridized carbons (Fsp3) is 0.519. The molecular formula is C27H35FN4O5S. The van der Waals surface area contributed by atoms with Gasteiger partial charge in [-0.15, -0.1) is 10.2 Å². The molecule has 4 rings (SSSR count). The molecule has 0 amide bonds. The molecule has 3 heterocycles. The fourth-order valence-corrected chi connectivity index (χ4v) is 5.74. The average Bonchev–Trinajstić information content (AvgIpc) is 3.18. The van der Waals surface area contributed by atoms with Crippen LogP contribution in [0.15, 0.2) is 36.5 Å². The highest BCUT2D eigenvalue weighted by Gasteiger charge is 2.36. The number of pyridine rings is 1. The predicted molar refractivity (Wildman–Crippen MR) is 141 cm³/mol. The Morgan fingerprint density at radius 2 is 1.87 bits per heavy atom. The summed E-state index contributed by atoms with van der Waals surface area (Å²) in [5.74, 6) is 0.160. The van der Waals surface area contributed by atoms with E-state index >= 15 is 0 Å². The number of aryl methyl sites for hydroxylation is 1. The predicted octanol–water partition coefficient (Wildman–Crippen LogP) is 4.62. The zero-order valence-electron chi connectivity index (χ0n) is 22.6. The van der Waals surface area contributed by atoms with E-state index in [2.05, 4.69) is 15.2 Å². The summed E-state index contributed by atoms with van der Waals surface area (Å²) in [5, 5.41) is 7.62. The zero-order valence-corrected chi connectivity index (χ0v) is 23.4. The third-order valence-corrected chi connectivity index (χ3v) is 8.38. The van der Waals surface area contributed by atoms with Crippen molar-refractivity contribution in [2.45, 2.75) is 76.9 Å². The number of benzene rings is 1. The number of halogens is 1. The lowest BCUT2D eigenvalue weighted by Gasteiger charge is -2.26. The van der Waals surface area contributed by atoms with Gasteiger partial charge in [0.25, 0.3) is 0 Å². The molecule has 1 aliphatic heterocycles. The van der Waals surface area contributed by atoms with E-state index in [1.807, 2.05) is 40.7 Å². The normalized spacial score (nSPS) is 17.0. The van der Waals surface area contributed by atoms with Crippen molar-refractivity contribution < 1.29 is 27.0 Å². The standard InChI is InChI=1S/C27H35FN4O5S/c1-16(2)35-13-21-14-36-24-10-8-20(28)11-22(24)27-31-30-25(32(21)27)15-38(33,34)19(6)26(37-17(3)4)23-9-7-18(5)12-29-23/h7-12,16-17,19,21,26H,13-15H2,1-6H3/t19-,21+,26+/m0/s1. The first-order valence-electron chi connectivity index (χ1n) is 12.7. The van der Waals surface area contributed by atoms with Crippen LogP contribution in [0.25, 0.3) is 11.4 Å². The molecule has 0 saturated carbocycles. The minimum atomic E-state index is -3.82. The van der Waals surface area contributed by atoms with Gasteiger partial charge in [-0.05, 0) is 71.4 Å². The molecule has 0 N–H and O–H groups in total. The van der Waals surface area contributed by atoms with Crippen LogP contribution in [0.4, 0.5) is 4.39 Å². The number of ether oxygens (including phenoxy) is 3. The lowest BCUT2D eigenvalue weighted by molar-refractivity contribution is 0.00402. The molecule has 0 spiro atoms. The van der Waals surface area contributed by atoms with Crippen molar-refractivity contribution in [3.8, 4) is 17.1 Å². The smallest absolute Gasteiger partial charge is 0.168 e. The molecule has 9 nitrogen and oxygen atoms in total. The molecule has 0 saturated heterocycles. The number of hydrogen-bond donors (Lipinski definition) is 0. The first-order valence-corrected chi connectivity index (χ1v) is 14.5. The number of rotatable bonds is 10. The van der Waals surface area contributed by atoms with Gasteiger partial charge in [-0.3, -0.25) is 4.98 Å². The van der Waals surface area contributed by atoms with E-state index in [0.717, 1.165) is 5.56 Å². The molecule has 0 aliphatic carbocycles. The van der Waals surface area contributed by atoms with E-state index < -0.39 is 38.8 Å². The highest BCUT2D eigenvalue weighted by molar-refractivity contribution is 7.91. The SMILES string of the molecule is Cc1ccc([C@H](OC(C)C)[C@H](C)S(=O)(=O)Cc2nnc3n2[C@H](COC(C)C)COc2ccc(F)cc2-3)nc1. The molecule has 0 unspecified atom stereocenters. The minimum Gasteiger partial charge on any atom is -0.491 e. The van der Waals surface area contributed by atoms with Gasteiger partial charge in [0.2, 0.25) is 0 Å². The van der Waals surface area contributed by atoms with Crippen molar-refractivity contribution in [3.05, 3.63) is 59.4 Å². The van der Waals surface area contributed by atoms with E-state index in [-0.39, 0.29) is 31.2 Å². The third-order valence-electron chi connectivity index (χ3n) is 6.33. The maximum Gasteiger partial charge on any atom is 0.168 e. The Bertz CT molecular complexity index is 1360. The Hall–Kier alpha value is -2.89. The van der Waals surface area contributed by atoms with E-state index in [1.165, 1.54) is 18.2 Å². The van der Waals surface area contributed by atoms with Gasteiger partial charge in [0.1, 0.15) is 35.9 Å². The molecule has 3 aromatic rings. The molecule has 0 bridgehead atoms. The van der Waals surface area contributed by atoms with Crippen molar-refractivity contribution in [2.75, 3.05) is 13.2 Å². The van der Waals surface area contributed by atoms with Gasteiger partial charge < -0.3 is 18.8 Å². The molecule has 206 valence electrons. The summed E-state index contributed by atoms with van der Waals surface area (Å²) in [6, 6.07) is 7.42. The fourth-order valence-electron chi connectivity index (χ4n) is 4.34. The van der Waals surface area contributed by atoms with Gasteiger partial charge in [-0.1, -0.05) is 6.07 Å². The van der Waals surface area contributed by atoms with Gasteiger partial charge >= 0.3 is 0 Å². The average molecular weight is 547 g/mol. The van der Waals surface area contributed by atoms with Gasteiger partial charge in [0, 0.05) is 6.20 Å². The van der Waals surface area contributed by atoms with Crippen LogP contribution in [0.2, 0.25) is 0 Å². The maximum atomic E-state index is 14.2. The highest BCUT2D eigenvalue weighted by atomic mass is 32.2. The van der Waals surface area contributed by atoms with Crippen LogP contribution in [0.1, 0.15) is 63.8 Å². The molecule has 0 fully saturated rings. The van der Waals surface area contributed by atoms with Gasteiger partial charge in [-0.25, -0.2) is 12.8 Å². The van der Waals surface area contributed by atoms with E-state index in [9.17, 15) is 12.8 Å². The van der Waals surface area contributed by atoms with Crippen LogP contribution < -0.4 is 4.74 Å². The molecule has 1 aliphatic rings. The quantitative estimate of drug-likeness (QED) is 0.363. The van der Waals surface area contributed by atoms with Crippen molar-refractivity contribution in [3.63, 3.8) is 0 Å². The number of fused-ring (bicyclic) bond motifs is 3. The molecule has 11 heteroatoms. The van der Waals surface area contributed by atoms with E-state index in [4.69, 9.17) is 14.2 Å². The van der Waals surface area contributed by atoms with Crippen LogP contribution >= 0.6 is 0 Å². The minimum absolute atomic E-state index is 0.0545. The van der Waals surface area contributed by atoms with Crippen molar-refractivity contribution >= 4 is 9.84 Å². The summed E-state index contributed by atoms with van der Waals surface area (Å²) in [6.07, 6.45) is 0.650. The van der Waals surface area contributed by atoms with Crippen LogP contribution in [0.5, 0.6) is 5.75 Å². The first-order chi connectivity index (χ1) is 18.0. The number of aromatic nitrogens is 4. The van der Waals surface area contributed by atoms with Crippen molar-refractivity contribution in [1.82, 2.24) is 19.7 Å². The summed E-state index contributed by atoms with van der Waals surface area (Å²) in [5.41, 5.74) is 1.92. The first kappa shape index (κ1) is 28.1. The second-order valence-electron chi connectivity index (χ2n) is 10.2. The Morgan fingerprint density at radius 3 is 2.53 bits per heavy atom. The Morgan fingerprint density at radius 1 is 1.11 bits per heavy atom. The third kappa shape index (κ3) is 6.22.